The monoisotopic (exact) mass is 375 g/mol. The molecular weight excluding hydrogens is 354 g/mol. The van der Waals surface area contributed by atoms with Gasteiger partial charge in [0.2, 0.25) is 0 Å². The van der Waals surface area contributed by atoms with Crippen molar-refractivity contribution in [2.75, 3.05) is 5.32 Å². The van der Waals surface area contributed by atoms with Gasteiger partial charge in [0.05, 0.1) is 0 Å². The predicted molar refractivity (Wildman–Crippen MR) is 108 cm³/mol. The van der Waals surface area contributed by atoms with Crippen LogP contribution in [0, 0.1) is 0 Å². The molecule has 1 aromatic heterocycles. The second kappa shape index (κ2) is 8.81. The number of pyridine rings is 1. The molecule has 0 radical (unpaired) electrons. The highest BCUT2D eigenvalue weighted by atomic mass is 16.5. The summed E-state index contributed by atoms with van der Waals surface area (Å²) in [7, 11) is 0. The standard InChI is InChI=1S/C22H21N3O3/c1-15(2)23-21(26)19-9-6-10-20(25-19)22(27)24-16-11-13-18(14-12-16)28-17-7-4-3-5-8-17/h3-15H,1-2H3,(H,23,26)(H,24,27). The van der Waals surface area contributed by atoms with Crippen molar-refractivity contribution in [3.05, 3.63) is 84.2 Å². The number of benzene rings is 2. The molecule has 6 nitrogen and oxygen atoms in total. The van der Waals surface area contributed by atoms with E-state index in [1.54, 1.807) is 42.5 Å². The number of ether oxygens (including phenoxy) is 1. The number of amides is 2. The van der Waals surface area contributed by atoms with Crippen molar-refractivity contribution < 1.29 is 14.3 Å². The molecule has 0 aliphatic carbocycles. The zero-order chi connectivity index (χ0) is 19.9. The Morgan fingerprint density at radius 1 is 0.786 bits per heavy atom. The van der Waals surface area contributed by atoms with Gasteiger partial charge in [-0.05, 0) is 62.4 Å². The van der Waals surface area contributed by atoms with Gasteiger partial charge in [0.15, 0.2) is 0 Å². The average Bonchev–Trinajstić information content (AvgIpc) is 2.70. The molecule has 6 heteroatoms. The Labute approximate surface area is 163 Å². The Morgan fingerprint density at radius 2 is 1.39 bits per heavy atom. The second-order valence-corrected chi connectivity index (χ2v) is 6.43. The van der Waals surface area contributed by atoms with E-state index < -0.39 is 5.91 Å². The topological polar surface area (TPSA) is 80.3 Å². The summed E-state index contributed by atoms with van der Waals surface area (Å²) in [5.74, 6) is 0.692. The average molecular weight is 375 g/mol. The van der Waals surface area contributed by atoms with Crippen molar-refractivity contribution in [3.8, 4) is 11.5 Å². The van der Waals surface area contributed by atoms with Crippen LogP contribution in [0.25, 0.3) is 0 Å². The van der Waals surface area contributed by atoms with E-state index in [0.717, 1.165) is 5.75 Å². The van der Waals surface area contributed by atoms with Crippen molar-refractivity contribution >= 4 is 17.5 Å². The minimum absolute atomic E-state index is 0.0107. The predicted octanol–water partition coefficient (Wildman–Crippen LogP) is 4.26. The van der Waals surface area contributed by atoms with Crippen molar-refractivity contribution in [2.45, 2.75) is 19.9 Å². The van der Waals surface area contributed by atoms with E-state index in [-0.39, 0.29) is 23.3 Å². The van der Waals surface area contributed by atoms with Crippen LogP contribution in [0.3, 0.4) is 0 Å². The number of aromatic nitrogens is 1. The smallest absolute Gasteiger partial charge is 0.274 e. The molecule has 2 amide bonds. The largest absolute Gasteiger partial charge is 0.457 e. The fraction of sp³-hybridized carbons (Fsp3) is 0.136. The Balaban J connectivity index is 1.65. The number of hydrogen-bond donors (Lipinski definition) is 2. The van der Waals surface area contributed by atoms with Crippen molar-refractivity contribution in [1.82, 2.24) is 10.3 Å². The van der Waals surface area contributed by atoms with E-state index in [9.17, 15) is 9.59 Å². The van der Waals surface area contributed by atoms with Crippen LogP contribution < -0.4 is 15.4 Å². The summed E-state index contributed by atoms with van der Waals surface area (Å²) in [4.78, 5) is 28.7. The molecule has 2 N–H and O–H groups in total. The number of anilines is 1. The molecule has 3 rings (SSSR count). The molecule has 0 bridgehead atoms. The van der Waals surface area contributed by atoms with Crippen LogP contribution in [0.4, 0.5) is 5.69 Å². The number of hydrogen-bond acceptors (Lipinski definition) is 4. The maximum absolute atomic E-state index is 12.5. The molecule has 0 unspecified atom stereocenters. The number of carbonyl (C=O) groups is 2. The lowest BCUT2D eigenvalue weighted by molar-refractivity contribution is 0.0938. The molecule has 1 heterocycles. The van der Waals surface area contributed by atoms with Crippen LogP contribution in [0.2, 0.25) is 0 Å². The molecular formula is C22H21N3O3. The molecule has 2 aromatic carbocycles. The van der Waals surface area contributed by atoms with Crippen LogP contribution >= 0.6 is 0 Å². The minimum atomic E-state index is -0.393. The van der Waals surface area contributed by atoms with E-state index >= 15 is 0 Å². The van der Waals surface area contributed by atoms with Crippen LogP contribution in [-0.4, -0.2) is 22.8 Å². The summed E-state index contributed by atoms with van der Waals surface area (Å²) in [5, 5.41) is 5.52. The first-order chi connectivity index (χ1) is 13.5. The SMILES string of the molecule is CC(C)NC(=O)c1cccc(C(=O)Nc2ccc(Oc3ccccc3)cc2)n1. The molecule has 3 aromatic rings. The number of nitrogens with one attached hydrogen (secondary N) is 2. The molecule has 0 saturated carbocycles. The second-order valence-electron chi connectivity index (χ2n) is 6.43. The van der Waals surface area contributed by atoms with E-state index in [1.165, 1.54) is 0 Å². The minimum Gasteiger partial charge on any atom is -0.457 e. The molecule has 0 aliphatic rings. The maximum Gasteiger partial charge on any atom is 0.274 e. The summed E-state index contributed by atoms with van der Waals surface area (Å²) < 4.78 is 5.73. The van der Waals surface area contributed by atoms with Gasteiger partial charge < -0.3 is 15.4 Å². The zero-order valence-corrected chi connectivity index (χ0v) is 15.7. The highest BCUT2D eigenvalue weighted by Crippen LogP contribution is 2.22. The van der Waals surface area contributed by atoms with Gasteiger partial charge >= 0.3 is 0 Å². The van der Waals surface area contributed by atoms with Crippen LogP contribution in [0.1, 0.15) is 34.8 Å². The lowest BCUT2D eigenvalue weighted by Gasteiger charge is -2.10. The van der Waals surface area contributed by atoms with Gasteiger partial charge in [-0.2, -0.15) is 0 Å². The zero-order valence-electron chi connectivity index (χ0n) is 15.7. The van der Waals surface area contributed by atoms with Gasteiger partial charge in [0.1, 0.15) is 22.9 Å². The van der Waals surface area contributed by atoms with Crippen LogP contribution in [0.5, 0.6) is 11.5 Å². The van der Waals surface area contributed by atoms with Gasteiger partial charge in [0, 0.05) is 11.7 Å². The van der Waals surface area contributed by atoms with Crippen molar-refractivity contribution in [2.24, 2.45) is 0 Å². The molecule has 0 fully saturated rings. The van der Waals surface area contributed by atoms with Gasteiger partial charge in [-0.1, -0.05) is 24.3 Å². The van der Waals surface area contributed by atoms with Gasteiger partial charge in [-0.3, -0.25) is 9.59 Å². The number of para-hydroxylation sites is 1. The lowest BCUT2D eigenvalue weighted by Crippen LogP contribution is -2.31. The van der Waals surface area contributed by atoms with E-state index in [2.05, 4.69) is 15.6 Å². The molecule has 0 spiro atoms. The number of carbonyl (C=O) groups excluding carboxylic acids is 2. The van der Waals surface area contributed by atoms with Crippen molar-refractivity contribution in [3.63, 3.8) is 0 Å². The Kier molecular flexibility index (Phi) is 6.01. The van der Waals surface area contributed by atoms with E-state index in [0.29, 0.717) is 11.4 Å². The Bertz CT molecular complexity index is 954. The van der Waals surface area contributed by atoms with Crippen molar-refractivity contribution in [1.29, 1.82) is 0 Å². The van der Waals surface area contributed by atoms with E-state index in [4.69, 9.17) is 4.74 Å². The first-order valence-electron chi connectivity index (χ1n) is 8.93. The van der Waals surface area contributed by atoms with Crippen LogP contribution in [0.15, 0.2) is 72.8 Å². The number of nitrogens with zero attached hydrogens (tertiary/aromatic N) is 1. The third-order valence-electron chi connectivity index (χ3n) is 3.73. The summed E-state index contributed by atoms with van der Waals surface area (Å²) in [6, 6.07) is 21.2. The van der Waals surface area contributed by atoms with Crippen LogP contribution in [-0.2, 0) is 0 Å². The fourth-order valence-corrected chi connectivity index (χ4v) is 2.45. The third kappa shape index (κ3) is 5.17. The summed E-state index contributed by atoms with van der Waals surface area (Å²) in [6.45, 7) is 3.72. The summed E-state index contributed by atoms with van der Waals surface area (Å²) >= 11 is 0. The molecule has 0 aliphatic heterocycles. The maximum atomic E-state index is 12.5. The molecule has 0 atom stereocenters. The van der Waals surface area contributed by atoms with Gasteiger partial charge in [-0.25, -0.2) is 4.98 Å². The summed E-state index contributed by atoms with van der Waals surface area (Å²) in [5.41, 5.74) is 0.971. The summed E-state index contributed by atoms with van der Waals surface area (Å²) in [6.07, 6.45) is 0. The molecule has 28 heavy (non-hydrogen) atoms. The first kappa shape index (κ1) is 19.1. The fourth-order valence-electron chi connectivity index (χ4n) is 2.45. The quantitative estimate of drug-likeness (QED) is 0.674. The Hall–Kier alpha value is -3.67. The number of rotatable bonds is 6. The molecule has 0 saturated heterocycles. The highest BCUT2D eigenvalue weighted by Gasteiger charge is 2.13. The highest BCUT2D eigenvalue weighted by molar-refractivity contribution is 6.03. The molecule has 142 valence electrons. The van der Waals surface area contributed by atoms with E-state index in [1.807, 2.05) is 44.2 Å². The first-order valence-corrected chi connectivity index (χ1v) is 8.93. The Morgan fingerprint density at radius 3 is 2.04 bits per heavy atom. The third-order valence-corrected chi connectivity index (χ3v) is 3.73. The van der Waals surface area contributed by atoms with Gasteiger partial charge in [0.25, 0.3) is 11.8 Å². The normalized spacial score (nSPS) is 10.4. The lowest BCUT2D eigenvalue weighted by atomic mass is 10.2. The van der Waals surface area contributed by atoms with Gasteiger partial charge in [-0.15, -0.1) is 0 Å².